The molecule has 0 aliphatic carbocycles. The third-order valence-electron chi connectivity index (χ3n) is 5.21. The Morgan fingerprint density at radius 1 is 1.18 bits per heavy atom. The van der Waals surface area contributed by atoms with Crippen molar-refractivity contribution in [3.8, 4) is 28.5 Å². The van der Waals surface area contributed by atoms with Crippen molar-refractivity contribution in [1.29, 1.82) is 0 Å². The van der Waals surface area contributed by atoms with Gasteiger partial charge in [-0.2, -0.15) is 10.1 Å². The summed E-state index contributed by atoms with van der Waals surface area (Å²) in [7, 11) is 0. The molecule has 5 N–H and O–H groups in total. The Morgan fingerprint density at radius 3 is 2.85 bits per heavy atom. The van der Waals surface area contributed by atoms with E-state index in [1.54, 1.807) is 42.9 Å². The molecular weight excluding hydrogens is 422 g/mol. The van der Waals surface area contributed by atoms with Crippen molar-refractivity contribution in [2.45, 2.75) is 13.5 Å². The number of pyridine rings is 1. The Labute approximate surface area is 187 Å². The first-order valence-corrected chi connectivity index (χ1v) is 10.0. The highest BCUT2D eigenvalue weighted by Crippen LogP contribution is 2.37. The number of primary amides is 1. The Balaban J connectivity index is 1.63. The number of nitrogens with zero attached hydrogens (tertiary/aromatic N) is 4. The lowest BCUT2D eigenvalue weighted by molar-refractivity contribution is 0.0996. The number of fused-ring (bicyclic) bond motifs is 1. The SMILES string of the molecule is Cc1ccc2[nH]ncc2c1-c1cc(-c2ccnc(OCc3ccco3)n2)nc(C(N)=O)c1N. The third-order valence-corrected chi connectivity index (χ3v) is 5.21. The van der Waals surface area contributed by atoms with Crippen LogP contribution in [0.2, 0.25) is 0 Å². The second-order valence-electron chi connectivity index (χ2n) is 7.36. The van der Waals surface area contributed by atoms with Gasteiger partial charge in [0, 0.05) is 17.1 Å². The summed E-state index contributed by atoms with van der Waals surface area (Å²) in [5.74, 6) is -0.104. The number of furan rings is 1. The second-order valence-corrected chi connectivity index (χ2v) is 7.36. The van der Waals surface area contributed by atoms with Crippen LogP contribution >= 0.6 is 0 Å². The topological polar surface area (TPSA) is 159 Å². The van der Waals surface area contributed by atoms with E-state index in [-0.39, 0.29) is 24.0 Å². The van der Waals surface area contributed by atoms with E-state index in [0.29, 0.717) is 22.7 Å². The number of carbonyl (C=O) groups excluding carboxylic acids is 1. The molecule has 0 aliphatic heterocycles. The number of H-pyrrole nitrogens is 1. The van der Waals surface area contributed by atoms with Gasteiger partial charge in [-0.1, -0.05) is 6.07 Å². The van der Waals surface area contributed by atoms with Crippen molar-refractivity contribution >= 4 is 22.5 Å². The van der Waals surface area contributed by atoms with Gasteiger partial charge in [0.15, 0.2) is 5.69 Å². The number of nitrogen functional groups attached to an aromatic ring is 1. The van der Waals surface area contributed by atoms with Crippen LogP contribution in [0.15, 0.2) is 59.5 Å². The van der Waals surface area contributed by atoms with E-state index in [4.69, 9.17) is 20.6 Å². The maximum atomic E-state index is 12.2. The van der Waals surface area contributed by atoms with E-state index in [9.17, 15) is 4.79 Å². The van der Waals surface area contributed by atoms with E-state index in [0.717, 1.165) is 22.0 Å². The zero-order chi connectivity index (χ0) is 22.9. The number of carbonyl (C=O) groups is 1. The maximum Gasteiger partial charge on any atom is 0.317 e. The largest absolute Gasteiger partial charge is 0.466 e. The number of rotatable bonds is 6. The molecule has 5 aromatic rings. The predicted molar refractivity (Wildman–Crippen MR) is 121 cm³/mol. The van der Waals surface area contributed by atoms with Crippen molar-refractivity contribution in [2.24, 2.45) is 5.73 Å². The summed E-state index contributed by atoms with van der Waals surface area (Å²) >= 11 is 0. The van der Waals surface area contributed by atoms with Gasteiger partial charge >= 0.3 is 6.01 Å². The van der Waals surface area contributed by atoms with Crippen LogP contribution in [0.3, 0.4) is 0 Å². The molecule has 10 heteroatoms. The van der Waals surface area contributed by atoms with Gasteiger partial charge in [0.25, 0.3) is 5.91 Å². The summed E-state index contributed by atoms with van der Waals surface area (Å²) in [6.07, 6.45) is 4.82. The van der Waals surface area contributed by atoms with E-state index < -0.39 is 5.91 Å². The third kappa shape index (κ3) is 3.74. The molecular formula is C23H19N7O3. The molecule has 0 unspecified atom stereocenters. The fourth-order valence-corrected chi connectivity index (χ4v) is 3.65. The van der Waals surface area contributed by atoms with Crippen LogP contribution in [0.25, 0.3) is 33.4 Å². The van der Waals surface area contributed by atoms with Crippen LogP contribution in [0, 0.1) is 6.92 Å². The molecule has 0 saturated carbocycles. The molecule has 0 aliphatic rings. The van der Waals surface area contributed by atoms with E-state index in [1.807, 2.05) is 19.1 Å². The number of aryl methyl sites for hydroxylation is 1. The van der Waals surface area contributed by atoms with Crippen LogP contribution in [0.5, 0.6) is 6.01 Å². The molecule has 0 saturated heterocycles. The summed E-state index contributed by atoms with van der Waals surface area (Å²) in [5, 5.41) is 7.94. The molecule has 0 spiro atoms. The molecule has 4 aromatic heterocycles. The molecule has 0 radical (unpaired) electrons. The molecule has 0 bridgehead atoms. The van der Waals surface area contributed by atoms with Crippen LogP contribution in [0.4, 0.5) is 5.69 Å². The van der Waals surface area contributed by atoms with Crippen molar-refractivity contribution in [3.63, 3.8) is 0 Å². The van der Waals surface area contributed by atoms with Gasteiger partial charge in [0.2, 0.25) is 0 Å². The van der Waals surface area contributed by atoms with E-state index >= 15 is 0 Å². The molecule has 10 nitrogen and oxygen atoms in total. The fraction of sp³-hybridized carbons (Fsp3) is 0.0870. The van der Waals surface area contributed by atoms with Crippen LogP contribution in [0.1, 0.15) is 21.8 Å². The molecule has 1 aromatic carbocycles. The molecule has 33 heavy (non-hydrogen) atoms. The van der Waals surface area contributed by atoms with Crippen LogP contribution in [-0.2, 0) is 6.61 Å². The van der Waals surface area contributed by atoms with Gasteiger partial charge in [-0.3, -0.25) is 9.89 Å². The number of nitrogens with two attached hydrogens (primary N) is 2. The number of hydrogen-bond acceptors (Lipinski definition) is 8. The zero-order valence-electron chi connectivity index (χ0n) is 17.6. The van der Waals surface area contributed by atoms with Gasteiger partial charge in [-0.25, -0.2) is 9.97 Å². The quantitative estimate of drug-likeness (QED) is 0.362. The summed E-state index contributed by atoms with van der Waals surface area (Å²) in [5.41, 5.74) is 16.2. The normalized spacial score (nSPS) is 11.1. The Kier molecular flexibility index (Phi) is 4.94. The lowest BCUT2D eigenvalue weighted by atomic mass is 9.94. The average molecular weight is 441 g/mol. The van der Waals surface area contributed by atoms with E-state index in [2.05, 4.69) is 25.1 Å². The van der Waals surface area contributed by atoms with Crippen molar-refractivity contribution in [3.05, 3.63) is 72.1 Å². The van der Waals surface area contributed by atoms with Gasteiger partial charge in [0.05, 0.1) is 35.1 Å². The van der Waals surface area contributed by atoms with Crippen LogP contribution in [-0.4, -0.2) is 31.1 Å². The Morgan fingerprint density at radius 2 is 2.06 bits per heavy atom. The lowest BCUT2D eigenvalue weighted by Crippen LogP contribution is -2.17. The first-order chi connectivity index (χ1) is 16.0. The predicted octanol–water partition coefficient (Wildman–Crippen LogP) is 3.24. The molecule has 0 atom stereocenters. The lowest BCUT2D eigenvalue weighted by Gasteiger charge is -2.15. The van der Waals surface area contributed by atoms with Crippen molar-refractivity contribution < 1.29 is 13.9 Å². The molecule has 0 fully saturated rings. The zero-order valence-corrected chi connectivity index (χ0v) is 17.6. The summed E-state index contributed by atoms with van der Waals surface area (Å²) in [4.78, 5) is 25.1. The first-order valence-electron chi connectivity index (χ1n) is 10.0. The van der Waals surface area contributed by atoms with Crippen LogP contribution < -0.4 is 16.2 Å². The van der Waals surface area contributed by atoms with Crippen molar-refractivity contribution in [1.82, 2.24) is 25.1 Å². The maximum absolute atomic E-state index is 12.2. The standard InChI is InChI=1S/C23H19N7O3/c1-12-4-5-16-15(10-27-30-16)19(12)14-9-18(28-21(20(14)24)22(25)31)17-6-7-26-23(29-17)33-11-13-3-2-8-32-13/h2-10H,11,24H2,1H3,(H2,25,31)(H,27,30). The number of aromatic nitrogens is 5. The number of amides is 1. The number of nitrogens with one attached hydrogen (secondary N) is 1. The number of hydrogen-bond donors (Lipinski definition) is 3. The highest BCUT2D eigenvalue weighted by Gasteiger charge is 2.20. The van der Waals surface area contributed by atoms with Gasteiger partial charge in [-0.15, -0.1) is 0 Å². The number of benzene rings is 1. The monoisotopic (exact) mass is 441 g/mol. The fourth-order valence-electron chi connectivity index (χ4n) is 3.65. The molecule has 5 rings (SSSR count). The molecule has 164 valence electrons. The summed E-state index contributed by atoms with van der Waals surface area (Å²) in [6, 6.07) is 11.0. The minimum atomic E-state index is -0.740. The van der Waals surface area contributed by atoms with Gasteiger partial charge in [0.1, 0.15) is 12.4 Å². The summed E-state index contributed by atoms with van der Waals surface area (Å²) < 4.78 is 10.9. The van der Waals surface area contributed by atoms with E-state index in [1.165, 1.54) is 0 Å². The smallest absolute Gasteiger partial charge is 0.317 e. The summed E-state index contributed by atoms with van der Waals surface area (Å²) in [6.45, 7) is 2.13. The van der Waals surface area contributed by atoms with Crippen molar-refractivity contribution in [2.75, 3.05) is 5.73 Å². The van der Waals surface area contributed by atoms with Gasteiger partial charge in [-0.05, 0) is 48.4 Å². The number of ether oxygens (including phenoxy) is 1. The highest BCUT2D eigenvalue weighted by molar-refractivity contribution is 6.05. The Bertz CT molecular complexity index is 1480. The average Bonchev–Trinajstić information content (AvgIpc) is 3.50. The first kappa shape index (κ1) is 20.2. The number of aromatic amines is 1. The molecule has 1 amide bonds. The Hall–Kier alpha value is -4.73. The van der Waals surface area contributed by atoms with Gasteiger partial charge < -0.3 is 20.6 Å². The number of anilines is 1. The molecule has 4 heterocycles. The minimum Gasteiger partial charge on any atom is -0.466 e. The minimum absolute atomic E-state index is 0.0425. The second kappa shape index (κ2) is 8.08. The highest BCUT2D eigenvalue weighted by atomic mass is 16.5.